The van der Waals surface area contributed by atoms with Crippen LogP contribution in [-0.4, -0.2) is 15.9 Å². The van der Waals surface area contributed by atoms with Crippen LogP contribution >= 0.6 is 0 Å². The SMILES string of the molecule is N#Cc1cnc2[nH]c(C(N)=O)cc2c1. The van der Waals surface area contributed by atoms with Crippen LogP contribution in [0, 0.1) is 11.3 Å². The number of fused-ring (bicyclic) bond motifs is 1. The van der Waals surface area contributed by atoms with Gasteiger partial charge in [-0.1, -0.05) is 0 Å². The van der Waals surface area contributed by atoms with Crippen LogP contribution in [0.3, 0.4) is 0 Å². The number of nitriles is 1. The van der Waals surface area contributed by atoms with Crippen LogP contribution < -0.4 is 5.73 Å². The Morgan fingerprint density at radius 1 is 1.57 bits per heavy atom. The van der Waals surface area contributed by atoms with Gasteiger partial charge in [-0.3, -0.25) is 4.79 Å². The lowest BCUT2D eigenvalue weighted by atomic mass is 10.2. The summed E-state index contributed by atoms with van der Waals surface area (Å²) in [5.41, 5.74) is 6.38. The molecule has 0 fully saturated rings. The first-order chi connectivity index (χ1) is 6.70. The summed E-state index contributed by atoms with van der Waals surface area (Å²) in [6, 6.07) is 5.18. The van der Waals surface area contributed by atoms with E-state index in [2.05, 4.69) is 9.97 Å². The molecule has 5 nitrogen and oxygen atoms in total. The second-order valence-electron chi connectivity index (χ2n) is 2.82. The number of carbonyl (C=O) groups is 1. The van der Waals surface area contributed by atoms with Crippen molar-refractivity contribution in [3.63, 3.8) is 0 Å². The van der Waals surface area contributed by atoms with Gasteiger partial charge in [0.25, 0.3) is 5.91 Å². The number of aromatic nitrogens is 2. The molecule has 2 rings (SSSR count). The Morgan fingerprint density at radius 2 is 2.36 bits per heavy atom. The number of carbonyl (C=O) groups excluding carboxylic acids is 1. The van der Waals surface area contributed by atoms with Gasteiger partial charge < -0.3 is 10.7 Å². The first-order valence-electron chi connectivity index (χ1n) is 3.89. The van der Waals surface area contributed by atoms with Crippen molar-refractivity contribution < 1.29 is 4.79 Å². The van der Waals surface area contributed by atoms with Crippen LogP contribution in [0.15, 0.2) is 18.3 Å². The van der Waals surface area contributed by atoms with E-state index in [9.17, 15) is 4.79 Å². The molecule has 0 aromatic carbocycles. The van der Waals surface area contributed by atoms with Gasteiger partial charge in [-0.2, -0.15) is 5.26 Å². The number of H-pyrrole nitrogens is 1. The Kier molecular flexibility index (Phi) is 1.68. The van der Waals surface area contributed by atoms with Crippen molar-refractivity contribution in [1.29, 1.82) is 5.26 Å². The fraction of sp³-hybridized carbons (Fsp3) is 0. The standard InChI is InChI=1S/C9H6N4O/c10-3-5-1-6-2-7(8(11)14)13-9(6)12-4-5/h1-2,4H,(H2,11,14)(H,12,13). The van der Waals surface area contributed by atoms with E-state index >= 15 is 0 Å². The van der Waals surface area contributed by atoms with Crippen LogP contribution in [0.1, 0.15) is 16.1 Å². The Balaban J connectivity index is 2.67. The summed E-state index contributed by atoms with van der Waals surface area (Å²) < 4.78 is 0. The number of nitrogens with one attached hydrogen (secondary N) is 1. The lowest BCUT2D eigenvalue weighted by Gasteiger charge is -1.87. The second kappa shape index (κ2) is 2.85. The number of nitrogens with two attached hydrogens (primary N) is 1. The topological polar surface area (TPSA) is 95.6 Å². The Labute approximate surface area is 79.2 Å². The molecule has 0 aliphatic carbocycles. The second-order valence-corrected chi connectivity index (χ2v) is 2.82. The number of rotatable bonds is 1. The summed E-state index contributed by atoms with van der Waals surface area (Å²) in [6.07, 6.45) is 1.43. The van der Waals surface area contributed by atoms with Crippen LogP contribution in [-0.2, 0) is 0 Å². The Morgan fingerprint density at radius 3 is 3.00 bits per heavy atom. The molecule has 1 amide bonds. The molecule has 0 aliphatic rings. The largest absolute Gasteiger partial charge is 0.364 e. The van der Waals surface area contributed by atoms with Gasteiger partial charge in [0, 0.05) is 11.6 Å². The highest BCUT2D eigenvalue weighted by atomic mass is 16.1. The molecule has 0 unspecified atom stereocenters. The average molecular weight is 186 g/mol. The number of nitrogens with zero attached hydrogens (tertiary/aromatic N) is 2. The highest BCUT2D eigenvalue weighted by Gasteiger charge is 2.06. The Hall–Kier alpha value is -2.35. The van der Waals surface area contributed by atoms with E-state index in [0.29, 0.717) is 22.3 Å². The molecular weight excluding hydrogens is 180 g/mol. The Bertz CT molecular complexity index is 549. The van der Waals surface area contributed by atoms with Crippen molar-refractivity contribution >= 4 is 16.9 Å². The van der Waals surface area contributed by atoms with Crippen molar-refractivity contribution in [1.82, 2.24) is 9.97 Å². The minimum absolute atomic E-state index is 0.294. The number of pyridine rings is 1. The predicted octanol–water partition coefficient (Wildman–Crippen LogP) is 0.533. The molecule has 0 bridgehead atoms. The molecule has 3 N–H and O–H groups in total. The highest BCUT2D eigenvalue weighted by Crippen LogP contribution is 2.13. The van der Waals surface area contributed by atoms with Crippen molar-refractivity contribution in [3.8, 4) is 6.07 Å². The predicted molar refractivity (Wildman–Crippen MR) is 49.3 cm³/mol. The molecule has 0 aliphatic heterocycles. The van der Waals surface area contributed by atoms with E-state index in [1.54, 1.807) is 12.1 Å². The lowest BCUT2D eigenvalue weighted by molar-refractivity contribution is 0.0996. The molecule has 68 valence electrons. The summed E-state index contributed by atoms with van der Waals surface area (Å²) in [4.78, 5) is 17.5. The number of hydrogen-bond acceptors (Lipinski definition) is 3. The molecule has 0 atom stereocenters. The van der Waals surface area contributed by atoms with Crippen molar-refractivity contribution in [2.45, 2.75) is 0 Å². The maximum absolute atomic E-state index is 10.8. The summed E-state index contributed by atoms with van der Waals surface area (Å²) in [7, 11) is 0. The number of amides is 1. The molecule has 0 saturated carbocycles. The molecule has 2 aromatic heterocycles. The third-order valence-corrected chi connectivity index (χ3v) is 1.86. The first-order valence-corrected chi connectivity index (χ1v) is 3.89. The van der Waals surface area contributed by atoms with Crippen LogP contribution in [0.5, 0.6) is 0 Å². The summed E-state index contributed by atoms with van der Waals surface area (Å²) in [5, 5.41) is 9.33. The van der Waals surface area contributed by atoms with Gasteiger partial charge in [0.2, 0.25) is 0 Å². The maximum Gasteiger partial charge on any atom is 0.265 e. The van der Waals surface area contributed by atoms with E-state index < -0.39 is 5.91 Å². The monoisotopic (exact) mass is 186 g/mol. The summed E-state index contributed by atoms with van der Waals surface area (Å²) in [5.74, 6) is -0.540. The van der Waals surface area contributed by atoms with Gasteiger partial charge in [-0.05, 0) is 12.1 Å². The molecule has 5 heteroatoms. The number of aromatic amines is 1. The molecule has 2 heterocycles. The third kappa shape index (κ3) is 1.19. The summed E-state index contributed by atoms with van der Waals surface area (Å²) >= 11 is 0. The van der Waals surface area contributed by atoms with Crippen molar-refractivity contribution in [3.05, 3.63) is 29.6 Å². The van der Waals surface area contributed by atoms with Gasteiger partial charge >= 0.3 is 0 Å². The molecule has 2 aromatic rings. The van der Waals surface area contributed by atoms with Crippen LogP contribution in [0.25, 0.3) is 11.0 Å². The molecule has 14 heavy (non-hydrogen) atoms. The van der Waals surface area contributed by atoms with E-state index in [0.717, 1.165) is 0 Å². The highest BCUT2D eigenvalue weighted by molar-refractivity contribution is 5.96. The van der Waals surface area contributed by atoms with Gasteiger partial charge in [0.15, 0.2) is 0 Å². The number of hydrogen-bond donors (Lipinski definition) is 2. The van der Waals surface area contributed by atoms with Crippen LogP contribution in [0.2, 0.25) is 0 Å². The van der Waals surface area contributed by atoms with Crippen LogP contribution in [0.4, 0.5) is 0 Å². The minimum atomic E-state index is -0.540. The zero-order valence-electron chi connectivity index (χ0n) is 7.11. The first kappa shape index (κ1) is 8.26. The van der Waals surface area contributed by atoms with E-state index in [-0.39, 0.29) is 0 Å². The smallest absolute Gasteiger partial charge is 0.265 e. The molecule has 0 spiro atoms. The maximum atomic E-state index is 10.8. The van der Waals surface area contributed by atoms with Gasteiger partial charge in [0.1, 0.15) is 17.4 Å². The van der Waals surface area contributed by atoms with Crippen molar-refractivity contribution in [2.24, 2.45) is 5.73 Å². The fourth-order valence-electron chi connectivity index (χ4n) is 1.21. The quantitative estimate of drug-likeness (QED) is 0.680. The minimum Gasteiger partial charge on any atom is -0.364 e. The summed E-state index contributed by atoms with van der Waals surface area (Å²) in [6.45, 7) is 0. The zero-order valence-corrected chi connectivity index (χ0v) is 7.11. The number of primary amides is 1. The molecule has 0 radical (unpaired) electrons. The van der Waals surface area contributed by atoms with E-state index in [4.69, 9.17) is 11.0 Å². The molecular formula is C9H6N4O. The normalized spacial score (nSPS) is 9.93. The van der Waals surface area contributed by atoms with E-state index in [1.807, 2.05) is 6.07 Å². The van der Waals surface area contributed by atoms with E-state index in [1.165, 1.54) is 6.20 Å². The zero-order chi connectivity index (χ0) is 10.1. The van der Waals surface area contributed by atoms with Gasteiger partial charge in [0.05, 0.1) is 5.56 Å². The fourth-order valence-corrected chi connectivity index (χ4v) is 1.21. The van der Waals surface area contributed by atoms with Crippen molar-refractivity contribution in [2.75, 3.05) is 0 Å². The third-order valence-electron chi connectivity index (χ3n) is 1.86. The lowest BCUT2D eigenvalue weighted by Crippen LogP contribution is -2.10. The van der Waals surface area contributed by atoms with Gasteiger partial charge in [-0.15, -0.1) is 0 Å². The molecule has 0 saturated heterocycles. The average Bonchev–Trinajstić information content (AvgIpc) is 2.59. The van der Waals surface area contributed by atoms with Gasteiger partial charge in [-0.25, -0.2) is 4.98 Å².